The zero-order valence-corrected chi connectivity index (χ0v) is 11.5. The number of anilines is 1. The van der Waals surface area contributed by atoms with Crippen LogP contribution in [0.15, 0.2) is 24.3 Å². The smallest absolute Gasteiger partial charge is 0.326 e. The summed E-state index contributed by atoms with van der Waals surface area (Å²) in [6.45, 7) is 1.83. The number of rotatable bonds is 8. The Morgan fingerprint density at radius 1 is 1.38 bits per heavy atom. The Balaban J connectivity index is 2.49. The van der Waals surface area contributed by atoms with Crippen molar-refractivity contribution in [3.8, 4) is 0 Å². The minimum Gasteiger partial charge on any atom is -0.480 e. The number of carbonyl (C=O) groups excluding carboxylic acids is 1. The van der Waals surface area contributed by atoms with Crippen molar-refractivity contribution in [3.05, 3.63) is 34.4 Å². The zero-order valence-electron chi connectivity index (χ0n) is 11.5. The van der Waals surface area contributed by atoms with Crippen molar-refractivity contribution in [2.45, 2.75) is 25.8 Å². The number of carbonyl (C=O) groups is 2. The minimum atomic E-state index is -1.09. The highest BCUT2D eigenvalue weighted by atomic mass is 16.6. The van der Waals surface area contributed by atoms with Gasteiger partial charge in [-0.15, -0.1) is 0 Å². The van der Waals surface area contributed by atoms with Gasteiger partial charge >= 0.3 is 5.97 Å². The van der Waals surface area contributed by atoms with E-state index in [1.54, 1.807) is 25.1 Å². The van der Waals surface area contributed by atoms with Crippen LogP contribution in [0.5, 0.6) is 0 Å². The fourth-order valence-corrected chi connectivity index (χ4v) is 1.70. The Bertz CT molecular complexity index is 532. The molecule has 0 fully saturated rings. The molecule has 1 unspecified atom stereocenters. The number of para-hydroxylation sites is 2. The van der Waals surface area contributed by atoms with Crippen molar-refractivity contribution in [3.63, 3.8) is 0 Å². The first kappa shape index (κ1) is 16.4. The van der Waals surface area contributed by atoms with Gasteiger partial charge in [0.25, 0.3) is 5.69 Å². The quantitative estimate of drug-likeness (QED) is 0.492. The third-order valence-electron chi connectivity index (χ3n) is 2.81. The molecule has 1 amide bonds. The first-order chi connectivity index (χ1) is 9.95. The second-order valence-electron chi connectivity index (χ2n) is 4.32. The van der Waals surface area contributed by atoms with E-state index in [9.17, 15) is 19.7 Å². The number of nitro groups is 1. The maximum Gasteiger partial charge on any atom is 0.326 e. The van der Waals surface area contributed by atoms with E-state index in [0.29, 0.717) is 12.1 Å². The molecule has 0 bridgehead atoms. The highest BCUT2D eigenvalue weighted by molar-refractivity contribution is 5.83. The summed E-state index contributed by atoms with van der Waals surface area (Å²) in [6, 6.07) is 5.19. The van der Waals surface area contributed by atoms with E-state index in [4.69, 9.17) is 5.11 Å². The van der Waals surface area contributed by atoms with Crippen LogP contribution in [0, 0.1) is 10.1 Å². The van der Waals surface area contributed by atoms with E-state index in [1.807, 2.05) is 0 Å². The average Bonchev–Trinajstić information content (AvgIpc) is 2.44. The second kappa shape index (κ2) is 7.83. The van der Waals surface area contributed by atoms with Crippen LogP contribution < -0.4 is 10.6 Å². The van der Waals surface area contributed by atoms with Crippen molar-refractivity contribution in [2.75, 3.05) is 11.9 Å². The van der Waals surface area contributed by atoms with Crippen molar-refractivity contribution < 1.29 is 19.6 Å². The molecule has 0 heterocycles. The molecule has 0 aliphatic carbocycles. The molecule has 0 saturated heterocycles. The van der Waals surface area contributed by atoms with Gasteiger partial charge in [-0.05, 0) is 12.5 Å². The fraction of sp³-hybridized carbons (Fsp3) is 0.385. The standard InChI is InChI=1S/C13H17N3O5/c1-2-9(13(18)19)15-12(17)7-8-14-10-5-3-4-6-11(10)16(20)21/h3-6,9,14H,2,7-8H2,1H3,(H,15,17)(H,18,19). The van der Waals surface area contributed by atoms with Crippen LogP contribution >= 0.6 is 0 Å². The first-order valence-electron chi connectivity index (χ1n) is 6.45. The van der Waals surface area contributed by atoms with Gasteiger partial charge in [0, 0.05) is 19.0 Å². The molecule has 114 valence electrons. The molecule has 8 nitrogen and oxygen atoms in total. The largest absolute Gasteiger partial charge is 0.480 e. The molecule has 0 spiro atoms. The van der Waals surface area contributed by atoms with Crippen LogP contribution in [0.2, 0.25) is 0 Å². The second-order valence-corrected chi connectivity index (χ2v) is 4.32. The van der Waals surface area contributed by atoms with Gasteiger partial charge < -0.3 is 15.7 Å². The van der Waals surface area contributed by atoms with Gasteiger partial charge in [0.15, 0.2) is 0 Å². The average molecular weight is 295 g/mol. The number of nitrogens with one attached hydrogen (secondary N) is 2. The van der Waals surface area contributed by atoms with Gasteiger partial charge in [-0.3, -0.25) is 14.9 Å². The molecular weight excluding hydrogens is 278 g/mol. The molecule has 3 N–H and O–H groups in total. The molecule has 0 saturated carbocycles. The predicted octanol–water partition coefficient (Wildman–Crippen LogP) is 1.38. The molecule has 1 aromatic carbocycles. The normalized spacial score (nSPS) is 11.5. The van der Waals surface area contributed by atoms with Gasteiger partial charge in [0.2, 0.25) is 5.91 Å². The number of carboxylic acids is 1. The highest BCUT2D eigenvalue weighted by Gasteiger charge is 2.17. The molecule has 1 aromatic rings. The summed E-state index contributed by atoms with van der Waals surface area (Å²) in [6.07, 6.45) is 0.314. The minimum absolute atomic E-state index is 0.0236. The molecule has 1 rings (SSSR count). The molecule has 0 aliphatic rings. The first-order valence-corrected chi connectivity index (χ1v) is 6.45. The van der Waals surface area contributed by atoms with Crippen molar-refractivity contribution in [1.82, 2.24) is 5.32 Å². The van der Waals surface area contributed by atoms with E-state index in [2.05, 4.69) is 10.6 Å². The van der Waals surface area contributed by atoms with E-state index >= 15 is 0 Å². The summed E-state index contributed by atoms with van der Waals surface area (Å²) in [4.78, 5) is 32.6. The number of amides is 1. The summed E-state index contributed by atoms with van der Waals surface area (Å²) in [5, 5.41) is 24.8. The van der Waals surface area contributed by atoms with Gasteiger partial charge in [-0.2, -0.15) is 0 Å². The number of benzene rings is 1. The van der Waals surface area contributed by atoms with Crippen LogP contribution in [-0.4, -0.2) is 34.5 Å². The van der Waals surface area contributed by atoms with Crippen LogP contribution in [0.4, 0.5) is 11.4 Å². The number of nitrogens with zero attached hydrogens (tertiary/aromatic N) is 1. The number of hydrogen-bond acceptors (Lipinski definition) is 5. The lowest BCUT2D eigenvalue weighted by atomic mass is 10.2. The Hall–Kier alpha value is -2.64. The maximum atomic E-state index is 11.6. The summed E-state index contributed by atoms with van der Waals surface area (Å²) >= 11 is 0. The Morgan fingerprint density at radius 2 is 2.05 bits per heavy atom. The van der Waals surface area contributed by atoms with Crippen molar-refractivity contribution in [1.29, 1.82) is 0 Å². The van der Waals surface area contributed by atoms with E-state index in [1.165, 1.54) is 6.07 Å². The van der Waals surface area contributed by atoms with Gasteiger partial charge in [-0.25, -0.2) is 4.79 Å². The van der Waals surface area contributed by atoms with Crippen LogP contribution in [-0.2, 0) is 9.59 Å². The Morgan fingerprint density at radius 3 is 2.62 bits per heavy atom. The van der Waals surface area contributed by atoms with Crippen LogP contribution in [0.3, 0.4) is 0 Å². The summed E-state index contributed by atoms with van der Waals surface area (Å²) in [5.41, 5.74) is 0.246. The molecule has 0 aliphatic heterocycles. The lowest BCUT2D eigenvalue weighted by Crippen LogP contribution is -2.40. The van der Waals surface area contributed by atoms with Gasteiger partial charge in [0.1, 0.15) is 11.7 Å². The third-order valence-corrected chi connectivity index (χ3v) is 2.81. The molecule has 8 heteroatoms. The monoisotopic (exact) mass is 295 g/mol. The van der Waals surface area contributed by atoms with E-state index in [-0.39, 0.29) is 18.7 Å². The fourth-order valence-electron chi connectivity index (χ4n) is 1.70. The van der Waals surface area contributed by atoms with E-state index < -0.39 is 22.8 Å². The Labute approximate surface area is 121 Å². The van der Waals surface area contributed by atoms with Gasteiger partial charge in [-0.1, -0.05) is 19.1 Å². The maximum absolute atomic E-state index is 11.6. The Kier molecular flexibility index (Phi) is 6.12. The van der Waals surface area contributed by atoms with Gasteiger partial charge in [0.05, 0.1) is 4.92 Å². The number of nitro benzene ring substituents is 1. The SMILES string of the molecule is CCC(NC(=O)CCNc1ccccc1[N+](=O)[O-])C(=O)O. The summed E-state index contributed by atoms with van der Waals surface area (Å²) in [5.74, 6) is -1.51. The number of aliphatic carboxylic acids is 1. The zero-order chi connectivity index (χ0) is 15.8. The third kappa shape index (κ3) is 5.09. The highest BCUT2D eigenvalue weighted by Crippen LogP contribution is 2.22. The molecule has 0 radical (unpaired) electrons. The van der Waals surface area contributed by atoms with Crippen molar-refractivity contribution in [2.24, 2.45) is 0 Å². The number of hydrogen-bond donors (Lipinski definition) is 3. The molecule has 21 heavy (non-hydrogen) atoms. The molecule has 1 atom stereocenters. The topological polar surface area (TPSA) is 122 Å². The van der Waals surface area contributed by atoms with Crippen LogP contribution in [0.1, 0.15) is 19.8 Å². The van der Waals surface area contributed by atoms with Crippen LogP contribution in [0.25, 0.3) is 0 Å². The molecular formula is C13H17N3O5. The van der Waals surface area contributed by atoms with Crippen molar-refractivity contribution >= 4 is 23.3 Å². The number of carboxylic acid groups (broad SMARTS) is 1. The van der Waals surface area contributed by atoms with E-state index in [0.717, 1.165) is 0 Å². The summed E-state index contributed by atoms with van der Waals surface area (Å²) < 4.78 is 0. The summed E-state index contributed by atoms with van der Waals surface area (Å²) in [7, 11) is 0. The molecule has 0 aromatic heterocycles. The lowest BCUT2D eigenvalue weighted by molar-refractivity contribution is -0.384. The lowest BCUT2D eigenvalue weighted by Gasteiger charge is -2.12. The predicted molar refractivity (Wildman–Crippen MR) is 76.1 cm³/mol.